The summed E-state index contributed by atoms with van der Waals surface area (Å²) in [6.07, 6.45) is 4.13. The molecule has 0 bridgehead atoms. The highest BCUT2D eigenvalue weighted by Gasteiger charge is 2.30. The number of hydrogen-bond acceptors (Lipinski definition) is 5. The zero-order chi connectivity index (χ0) is 25.7. The molecular weight excluding hydrogens is 487 g/mol. The molecule has 0 radical (unpaired) electrons. The van der Waals surface area contributed by atoms with Gasteiger partial charge in [0, 0.05) is 29.2 Å². The van der Waals surface area contributed by atoms with Crippen LogP contribution in [0.15, 0.2) is 36.5 Å². The van der Waals surface area contributed by atoms with Gasteiger partial charge in [0.25, 0.3) is 0 Å². The van der Waals surface area contributed by atoms with Crippen LogP contribution in [0.5, 0.6) is 5.75 Å². The minimum absolute atomic E-state index is 0.127. The lowest BCUT2D eigenvalue weighted by Gasteiger charge is -2.21. The van der Waals surface area contributed by atoms with Gasteiger partial charge in [0.2, 0.25) is 12.8 Å². The Bertz CT molecular complexity index is 923. The van der Waals surface area contributed by atoms with Gasteiger partial charge in [-0.3, -0.25) is 14.6 Å². The molecule has 7 nitrogen and oxygen atoms in total. The fourth-order valence-electron chi connectivity index (χ4n) is 3.56. The first-order chi connectivity index (χ1) is 16.7. The first-order valence-corrected chi connectivity index (χ1v) is 11.6. The summed E-state index contributed by atoms with van der Waals surface area (Å²) in [5, 5.41) is 15.3. The normalized spacial score (nSPS) is 17.2. The third-order valence-corrected chi connectivity index (χ3v) is 5.64. The minimum Gasteiger partial charge on any atom is -0.493 e. The Labute approximate surface area is 207 Å². The molecule has 1 unspecified atom stereocenters. The first-order valence-electron chi connectivity index (χ1n) is 11.2. The van der Waals surface area contributed by atoms with Crippen LogP contribution >= 0.6 is 11.6 Å². The number of amides is 2. The quantitative estimate of drug-likeness (QED) is 0.507. The number of hydrogen-bond donors (Lipinski definition) is 3. The molecule has 1 aromatic carbocycles. The van der Waals surface area contributed by atoms with Crippen LogP contribution in [0.3, 0.4) is 0 Å². The van der Waals surface area contributed by atoms with Gasteiger partial charge in [0.15, 0.2) is 0 Å². The third-order valence-electron chi connectivity index (χ3n) is 5.41. The summed E-state index contributed by atoms with van der Waals surface area (Å²) in [5.74, 6) is 0.748. The van der Waals surface area contributed by atoms with Crippen molar-refractivity contribution in [2.45, 2.75) is 63.4 Å². The Kier molecular flexibility index (Phi) is 11.8. The number of carbonyl (C=O) groups is 2. The van der Waals surface area contributed by atoms with Gasteiger partial charge in [-0.15, -0.1) is 0 Å². The maximum absolute atomic E-state index is 12.1. The largest absolute Gasteiger partial charge is 0.493 e. The zero-order valence-electron chi connectivity index (χ0n) is 19.1. The van der Waals surface area contributed by atoms with Gasteiger partial charge in [-0.2, -0.15) is 13.2 Å². The lowest BCUT2D eigenvalue weighted by Crippen LogP contribution is -2.29. The van der Waals surface area contributed by atoms with Gasteiger partial charge in [0.1, 0.15) is 5.75 Å². The summed E-state index contributed by atoms with van der Waals surface area (Å²) in [5.41, 5.74) is 0.381. The summed E-state index contributed by atoms with van der Waals surface area (Å²) in [6.45, 7) is 0.706. The average Bonchev–Trinajstić information content (AvgIpc) is 2.85. The van der Waals surface area contributed by atoms with E-state index in [2.05, 4.69) is 15.6 Å². The van der Waals surface area contributed by atoms with Crippen molar-refractivity contribution in [3.8, 4) is 5.75 Å². The van der Waals surface area contributed by atoms with Crippen molar-refractivity contribution in [3.05, 3.63) is 58.4 Å². The van der Waals surface area contributed by atoms with Crippen LogP contribution in [0.1, 0.15) is 61.4 Å². The van der Waals surface area contributed by atoms with E-state index in [4.69, 9.17) is 16.3 Å². The highest BCUT2D eigenvalue weighted by molar-refractivity contribution is 6.30. The number of carbonyl (C=O) groups excluding carboxylic acids is 2. The number of fused-ring (bicyclic) bond motifs is 1. The van der Waals surface area contributed by atoms with E-state index in [0.29, 0.717) is 36.2 Å². The Morgan fingerprint density at radius 2 is 1.83 bits per heavy atom. The maximum Gasteiger partial charge on any atom is 0.417 e. The number of aliphatic hydroxyl groups is 1. The summed E-state index contributed by atoms with van der Waals surface area (Å²) in [7, 11) is 0. The van der Waals surface area contributed by atoms with Crippen LogP contribution in [0.25, 0.3) is 0 Å². The molecule has 2 aromatic rings. The molecule has 4 rings (SSSR count). The average molecular weight is 516 g/mol. The van der Waals surface area contributed by atoms with E-state index >= 15 is 0 Å². The molecule has 3 N–H and O–H groups in total. The number of alkyl halides is 3. The lowest BCUT2D eigenvalue weighted by atomic mass is 9.96. The van der Waals surface area contributed by atoms with Crippen LogP contribution in [-0.4, -0.2) is 35.6 Å². The van der Waals surface area contributed by atoms with Gasteiger partial charge >= 0.3 is 6.18 Å². The second-order valence-electron chi connectivity index (χ2n) is 7.99. The number of benzene rings is 1. The molecule has 192 valence electrons. The van der Waals surface area contributed by atoms with Gasteiger partial charge in [-0.1, -0.05) is 30.9 Å². The van der Waals surface area contributed by atoms with Crippen LogP contribution in [0, 0.1) is 0 Å². The summed E-state index contributed by atoms with van der Waals surface area (Å²) < 4.78 is 41.5. The fraction of sp³-hybridized carbons (Fsp3) is 0.458. The number of nitrogens with one attached hydrogen (secondary N) is 2. The van der Waals surface area contributed by atoms with Gasteiger partial charge < -0.3 is 20.5 Å². The van der Waals surface area contributed by atoms with Crippen molar-refractivity contribution >= 4 is 24.4 Å². The van der Waals surface area contributed by atoms with Gasteiger partial charge in [-0.05, 0) is 43.2 Å². The van der Waals surface area contributed by atoms with Crippen molar-refractivity contribution in [1.82, 2.24) is 15.6 Å². The Morgan fingerprint density at radius 1 is 1.09 bits per heavy atom. The second kappa shape index (κ2) is 14.5. The van der Waals surface area contributed by atoms with Crippen LogP contribution in [0.4, 0.5) is 13.2 Å². The molecule has 11 heteroatoms. The fourth-order valence-corrected chi connectivity index (χ4v) is 3.74. The van der Waals surface area contributed by atoms with Crippen molar-refractivity contribution in [2.75, 3.05) is 6.61 Å². The Balaban J connectivity index is 0.000000189. The van der Waals surface area contributed by atoms with Crippen LogP contribution in [-0.2, 0) is 22.3 Å². The van der Waals surface area contributed by atoms with E-state index in [0.717, 1.165) is 30.0 Å². The molecule has 1 fully saturated rings. The van der Waals surface area contributed by atoms with Crippen LogP contribution in [0.2, 0.25) is 5.02 Å². The topological polar surface area (TPSA) is 101 Å². The number of rotatable bonds is 5. The molecule has 1 saturated carbocycles. The number of aliphatic hydroxyl groups excluding tert-OH is 1. The van der Waals surface area contributed by atoms with E-state index in [1.54, 1.807) is 18.2 Å². The minimum atomic E-state index is -4.37. The molecule has 0 saturated heterocycles. The van der Waals surface area contributed by atoms with E-state index in [9.17, 15) is 27.9 Å². The number of aromatic nitrogens is 1. The highest BCUT2D eigenvalue weighted by Crippen LogP contribution is 2.33. The standard InChI is InChI=1S/C9H9ClO2.C8H7F3N2O.C7H13NO/c10-6-1-2-9-7(5-6)8(11)3-4-12-9;9-8(10,11)6-1-2-7(13-3-6)4-12-5-14;9-6-8-7-4-2-1-3-5-7/h1-2,5,8,11H,3-4H2;1-3,5H,4H2,(H,12,14);6-7H,1-5H2,(H,8,9). The Hall–Kier alpha value is -2.85. The summed E-state index contributed by atoms with van der Waals surface area (Å²) in [4.78, 5) is 23.4. The summed E-state index contributed by atoms with van der Waals surface area (Å²) >= 11 is 5.78. The number of halogens is 4. The zero-order valence-corrected chi connectivity index (χ0v) is 19.8. The predicted molar refractivity (Wildman–Crippen MR) is 125 cm³/mol. The third kappa shape index (κ3) is 10.1. The molecular formula is C24H29ClF3N3O4. The molecule has 1 atom stereocenters. The number of ether oxygens (including phenoxy) is 1. The molecule has 1 aliphatic heterocycles. The number of nitrogens with zero attached hydrogens (tertiary/aromatic N) is 1. The van der Waals surface area contributed by atoms with E-state index < -0.39 is 17.8 Å². The highest BCUT2D eigenvalue weighted by atomic mass is 35.5. The molecule has 2 heterocycles. The SMILES string of the molecule is O=CNC1CCCCC1.O=CNCc1ccc(C(F)(F)F)cn1.OC1CCOc2ccc(Cl)cc21. The molecule has 1 aromatic heterocycles. The monoisotopic (exact) mass is 515 g/mol. The van der Waals surface area contributed by atoms with E-state index in [1.165, 1.54) is 38.2 Å². The van der Waals surface area contributed by atoms with Gasteiger partial charge in [-0.25, -0.2) is 0 Å². The van der Waals surface area contributed by atoms with E-state index in [1.807, 2.05) is 0 Å². The lowest BCUT2D eigenvalue weighted by molar-refractivity contribution is -0.137. The second-order valence-corrected chi connectivity index (χ2v) is 8.43. The van der Waals surface area contributed by atoms with Crippen LogP contribution < -0.4 is 15.4 Å². The van der Waals surface area contributed by atoms with Crippen molar-refractivity contribution < 1.29 is 32.6 Å². The molecule has 1 aliphatic carbocycles. The van der Waals surface area contributed by atoms with Crippen molar-refractivity contribution in [2.24, 2.45) is 0 Å². The molecule has 35 heavy (non-hydrogen) atoms. The van der Waals surface area contributed by atoms with Gasteiger partial charge in [0.05, 0.1) is 30.5 Å². The molecule has 2 amide bonds. The molecule has 2 aliphatic rings. The smallest absolute Gasteiger partial charge is 0.417 e. The number of pyridine rings is 1. The predicted octanol–water partition coefficient (Wildman–Crippen LogP) is 4.57. The maximum atomic E-state index is 12.1. The Morgan fingerprint density at radius 3 is 2.43 bits per heavy atom. The first kappa shape index (κ1) is 28.4. The van der Waals surface area contributed by atoms with E-state index in [-0.39, 0.29) is 6.54 Å². The molecule has 0 spiro atoms. The van der Waals surface area contributed by atoms with Crippen molar-refractivity contribution in [1.29, 1.82) is 0 Å². The summed E-state index contributed by atoms with van der Waals surface area (Å²) in [6, 6.07) is 7.93. The van der Waals surface area contributed by atoms with Crippen molar-refractivity contribution in [3.63, 3.8) is 0 Å².